The van der Waals surface area contributed by atoms with Crippen molar-refractivity contribution in [2.75, 3.05) is 26.1 Å². The van der Waals surface area contributed by atoms with E-state index in [2.05, 4.69) is 9.88 Å². The topological polar surface area (TPSA) is 55.7 Å². The van der Waals surface area contributed by atoms with Crippen molar-refractivity contribution in [2.24, 2.45) is 0 Å². The smallest absolute Gasteiger partial charge is 0.322 e. The quantitative estimate of drug-likeness (QED) is 0.717. The first-order valence-corrected chi connectivity index (χ1v) is 9.31. The molecule has 1 aliphatic rings. The van der Waals surface area contributed by atoms with Gasteiger partial charge in [-0.25, -0.2) is 9.18 Å². The van der Waals surface area contributed by atoms with Gasteiger partial charge in [-0.3, -0.25) is 0 Å². The van der Waals surface area contributed by atoms with Crippen LogP contribution in [-0.2, 0) is 6.54 Å². The summed E-state index contributed by atoms with van der Waals surface area (Å²) >= 11 is 0. The summed E-state index contributed by atoms with van der Waals surface area (Å²) in [5, 5.41) is 2.87. The molecule has 150 valence electrons. The molecule has 2 heterocycles. The number of urea groups is 1. The number of amides is 2. The van der Waals surface area contributed by atoms with E-state index in [9.17, 15) is 9.18 Å². The average molecular weight is 395 g/mol. The van der Waals surface area contributed by atoms with E-state index in [1.807, 2.05) is 36.5 Å². The number of rotatable bonds is 4. The molecular formula is C22H22FN3O3. The van der Waals surface area contributed by atoms with Gasteiger partial charge in [0.25, 0.3) is 0 Å². The van der Waals surface area contributed by atoms with Crippen LogP contribution >= 0.6 is 0 Å². The second kappa shape index (κ2) is 7.87. The third-order valence-corrected chi connectivity index (χ3v) is 5.12. The summed E-state index contributed by atoms with van der Waals surface area (Å²) in [5.74, 6) is 0.888. The Morgan fingerprint density at radius 3 is 2.52 bits per heavy atom. The number of aromatic nitrogens is 1. The number of anilines is 1. The molecule has 1 aliphatic heterocycles. The number of nitrogens with zero attached hydrogens (tertiary/aromatic N) is 2. The minimum atomic E-state index is -0.345. The van der Waals surface area contributed by atoms with E-state index in [-0.39, 0.29) is 17.9 Å². The third kappa shape index (κ3) is 3.63. The molecule has 0 spiro atoms. The Bertz CT molecular complexity index is 1020. The Hall–Kier alpha value is -3.48. The molecule has 3 aromatic rings. The van der Waals surface area contributed by atoms with Gasteiger partial charge in [-0.15, -0.1) is 0 Å². The lowest BCUT2D eigenvalue weighted by Crippen LogP contribution is -2.44. The van der Waals surface area contributed by atoms with Gasteiger partial charge in [0.15, 0.2) is 11.5 Å². The van der Waals surface area contributed by atoms with Crippen LogP contribution in [0.4, 0.5) is 14.9 Å². The Balaban J connectivity index is 1.69. The van der Waals surface area contributed by atoms with Crippen LogP contribution < -0.4 is 14.8 Å². The van der Waals surface area contributed by atoms with Crippen molar-refractivity contribution >= 4 is 11.7 Å². The maximum atomic E-state index is 13.2. The zero-order valence-electron chi connectivity index (χ0n) is 16.3. The highest BCUT2D eigenvalue weighted by Crippen LogP contribution is 2.37. The number of halogens is 1. The average Bonchev–Trinajstić information content (AvgIpc) is 3.23. The first kappa shape index (κ1) is 18.9. The molecule has 29 heavy (non-hydrogen) atoms. The molecule has 0 aliphatic carbocycles. The van der Waals surface area contributed by atoms with Crippen LogP contribution in [0.5, 0.6) is 11.5 Å². The van der Waals surface area contributed by atoms with E-state index in [1.54, 1.807) is 31.3 Å². The van der Waals surface area contributed by atoms with E-state index in [0.29, 0.717) is 30.3 Å². The minimum Gasteiger partial charge on any atom is -0.493 e. The molecule has 0 saturated heterocycles. The lowest BCUT2D eigenvalue weighted by molar-refractivity contribution is 0.181. The Morgan fingerprint density at radius 1 is 1.03 bits per heavy atom. The maximum absolute atomic E-state index is 13.2. The highest BCUT2D eigenvalue weighted by Gasteiger charge is 2.32. The van der Waals surface area contributed by atoms with Crippen molar-refractivity contribution in [2.45, 2.75) is 12.6 Å². The summed E-state index contributed by atoms with van der Waals surface area (Å²) in [4.78, 5) is 14.9. The Labute approximate surface area is 168 Å². The van der Waals surface area contributed by atoms with Crippen molar-refractivity contribution < 1.29 is 18.7 Å². The molecule has 0 fully saturated rings. The zero-order valence-corrected chi connectivity index (χ0v) is 16.3. The molecule has 1 aromatic heterocycles. The van der Waals surface area contributed by atoms with Crippen molar-refractivity contribution in [1.29, 1.82) is 0 Å². The fourth-order valence-corrected chi connectivity index (χ4v) is 3.70. The fraction of sp³-hybridized carbons (Fsp3) is 0.227. The lowest BCUT2D eigenvalue weighted by Gasteiger charge is -2.37. The second-order valence-corrected chi connectivity index (χ2v) is 6.77. The Kier molecular flexibility index (Phi) is 5.12. The summed E-state index contributed by atoms with van der Waals surface area (Å²) in [6, 6.07) is 14.9. The minimum absolute atomic E-state index is 0.246. The number of ether oxygens (including phenoxy) is 2. The third-order valence-electron chi connectivity index (χ3n) is 5.12. The number of hydrogen-bond donors (Lipinski definition) is 1. The number of carbonyl (C=O) groups excluding carboxylic acids is 1. The number of nitrogens with one attached hydrogen (secondary N) is 1. The number of benzene rings is 2. The van der Waals surface area contributed by atoms with Crippen LogP contribution in [0, 0.1) is 5.82 Å². The van der Waals surface area contributed by atoms with Gasteiger partial charge in [0.05, 0.1) is 20.3 Å². The van der Waals surface area contributed by atoms with Crippen molar-refractivity contribution in [3.63, 3.8) is 0 Å². The summed E-state index contributed by atoms with van der Waals surface area (Å²) in [6.45, 7) is 1.23. The van der Waals surface area contributed by atoms with Gasteiger partial charge >= 0.3 is 6.03 Å². The number of hydrogen-bond acceptors (Lipinski definition) is 3. The predicted molar refractivity (Wildman–Crippen MR) is 108 cm³/mol. The first-order chi connectivity index (χ1) is 14.1. The summed E-state index contributed by atoms with van der Waals surface area (Å²) in [6.07, 6.45) is 2.01. The molecule has 7 heteroatoms. The summed E-state index contributed by atoms with van der Waals surface area (Å²) in [7, 11) is 3.18. The SMILES string of the molecule is COc1ccc(C2c3cccn3CCN2C(=O)Nc2ccc(F)cc2)cc1OC. The van der Waals surface area contributed by atoms with E-state index >= 15 is 0 Å². The number of fused-ring (bicyclic) bond motifs is 1. The Morgan fingerprint density at radius 2 is 1.79 bits per heavy atom. The number of carbonyl (C=O) groups is 1. The van der Waals surface area contributed by atoms with Crippen LogP contribution in [0.2, 0.25) is 0 Å². The van der Waals surface area contributed by atoms with Gasteiger partial charge in [-0.1, -0.05) is 6.07 Å². The zero-order chi connectivity index (χ0) is 20.4. The first-order valence-electron chi connectivity index (χ1n) is 9.31. The van der Waals surface area contributed by atoms with Crippen LogP contribution in [-0.4, -0.2) is 36.3 Å². The maximum Gasteiger partial charge on any atom is 0.322 e. The van der Waals surface area contributed by atoms with Crippen LogP contribution in [0.15, 0.2) is 60.8 Å². The molecule has 2 amide bonds. The van der Waals surface area contributed by atoms with Gasteiger partial charge in [-0.05, 0) is 54.1 Å². The molecule has 4 rings (SSSR count). The molecular weight excluding hydrogens is 373 g/mol. The van der Waals surface area contributed by atoms with Crippen LogP contribution in [0.3, 0.4) is 0 Å². The molecule has 0 bridgehead atoms. The van der Waals surface area contributed by atoms with E-state index in [0.717, 1.165) is 11.3 Å². The normalized spacial score (nSPS) is 15.6. The van der Waals surface area contributed by atoms with Crippen molar-refractivity contribution in [1.82, 2.24) is 9.47 Å². The monoisotopic (exact) mass is 395 g/mol. The summed E-state index contributed by atoms with van der Waals surface area (Å²) < 4.78 is 26.1. The molecule has 1 N–H and O–H groups in total. The van der Waals surface area contributed by atoms with Crippen molar-refractivity contribution in [3.8, 4) is 11.5 Å². The second-order valence-electron chi connectivity index (χ2n) is 6.77. The lowest BCUT2D eigenvalue weighted by atomic mass is 9.99. The van der Waals surface area contributed by atoms with E-state index in [1.165, 1.54) is 12.1 Å². The predicted octanol–water partition coefficient (Wildman–Crippen LogP) is 4.28. The van der Waals surface area contributed by atoms with Crippen LogP contribution in [0.1, 0.15) is 17.3 Å². The van der Waals surface area contributed by atoms with Gasteiger partial charge < -0.3 is 24.3 Å². The van der Waals surface area contributed by atoms with Gasteiger partial charge in [-0.2, -0.15) is 0 Å². The van der Waals surface area contributed by atoms with Gasteiger partial charge in [0.2, 0.25) is 0 Å². The standard InChI is InChI=1S/C22H22FN3O3/c1-28-19-10-5-15(14-20(19)29-2)21-18-4-3-11-25(18)12-13-26(21)22(27)24-17-8-6-16(23)7-9-17/h3-11,14,21H,12-13H2,1-2H3,(H,24,27). The summed E-state index contributed by atoms with van der Waals surface area (Å²) in [5.41, 5.74) is 2.47. The van der Waals surface area contributed by atoms with Crippen molar-refractivity contribution in [3.05, 3.63) is 77.9 Å². The largest absolute Gasteiger partial charge is 0.493 e. The highest BCUT2D eigenvalue weighted by atomic mass is 19.1. The molecule has 1 atom stereocenters. The van der Waals surface area contributed by atoms with Gasteiger partial charge in [0.1, 0.15) is 5.82 Å². The van der Waals surface area contributed by atoms with Crippen LogP contribution in [0.25, 0.3) is 0 Å². The molecule has 6 nitrogen and oxygen atoms in total. The van der Waals surface area contributed by atoms with Gasteiger partial charge in [0, 0.05) is 30.7 Å². The molecule has 2 aromatic carbocycles. The fourth-order valence-electron chi connectivity index (χ4n) is 3.70. The molecule has 0 saturated carbocycles. The number of methoxy groups -OCH3 is 2. The van der Waals surface area contributed by atoms with E-state index < -0.39 is 0 Å². The molecule has 0 radical (unpaired) electrons. The highest BCUT2D eigenvalue weighted by molar-refractivity contribution is 5.90. The van der Waals surface area contributed by atoms with E-state index in [4.69, 9.17) is 9.47 Å². The molecule has 1 unspecified atom stereocenters.